The van der Waals surface area contributed by atoms with Gasteiger partial charge in [0.05, 0.1) is 11.1 Å². The Morgan fingerprint density at radius 3 is 2.55 bits per heavy atom. The Bertz CT molecular complexity index is 999. The summed E-state index contributed by atoms with van der Waals surface area (Å²) in [5, 5.41) is 11.9. The number of benzene rings is 1. The molecule has 1 aromatic carbocycles. The second kappa shape index (κ2) is 8.57. The molecule has 1 aliphatic rings. The molecule has 6 nitrogen and oxygen atoms in total. The number of ether oxygens (including phenoxy) is 1. The van der Waals surface area contributed by atoms with Crippen LogP contribution in [0.1, 0.15) is 47.3 Å². The summed E-state index contributed by atoms with van der Waals surface area (Å²) < 4.78 is 32.6. The number of nitrogens with zero attached hydrogens (tertiary/aromatic N) is 2. The molecule has 1 heterocycles. The zero-order chi connectivity index (χ0) is 21.1. The maximum absolute atomic E-state index is 13.7. The van der Waals surface area contributed by atoms with E-state index in [1.807, 2.05) is 6.07 Å². The van der Waals surface area contributed by atoms with Crippen molar-refractivity contribution in [1.82, 2.24) is 4.98 Å². The highest BCUT2D eigenvalue weighted by molar-refractivity contribution is 7.98. The molecule has 1 saturated carbocycles. The average molecular weight is 417 g/mol. The number of aromatic nitrogens is 1. The largest absolute Gasteiger partial charge is 0.449 e. The van der Waals surface area contributed by atoms with Crippen molar-refractivity contribution >= 4 is 29.3 Å². The molecule has 1 fully saturated rings. The van der Waals surface area contributed by atoms with Gasteiger partial charge in [-0.3, -0.25) is 4.79 Å². The average Bonchev–Trinajstić information content (AvgIpc) is 3.54. The molecule has 2 aromatic rings. The van der Waals surface area contributed by atoms with Crippen molar-refractivity contribution in [2.45, 2.75) is 36.8 Å². The lowest BCUT2D eigenvalue weighted by molar-refractivity contribution is -0.123. The number of anilines is 1. The normalized spacial score (nSPS) is 14.0. The Balaban J connectivity index is 1.80. The molecule has 1 amide bonds. The molecular formula is C20H17F2N3O3S. The molecule has 29 heavy (non-hydrogen) atoms. The number of carbonyl (C=O) groups is 2. The minimum atomic E-state index is -1.34. The SMILES string of the molecule is CSc1nc(C2CC2)cc(C(=O)OC(C)C(=O)Nc2c(F)cccc2F)c1C#N. The summed E-state index contributed by atoms with van der Waals surface area (Å²) in [6.45, 7) is 1.27. The van der Waals surface area contributed by atoms with E-state index in [-0.39, 0.29) is 17.0 Å². The van der Waals surface area contributed by atoms with Crippen LogP contribution in [-0.4, -0.2) is 29.2 Å². The fraction of sp³-hybridized carbons (Fsp3) is 0.300. The summed E-state index contributed by atoms with van der Waals surface area (Å²) in [5.74, 6) is -3.43. The maximum atomic E-state index is 13.7. The molecule has 9 heteroatoms. The first-order valence-electron chi connectivity index (χ1n) is 8.80. The molecule has 1 aromatic heterocycles. The van der Waals surface area contributed by atoms with Crippen LogP contribution in [0.3, 0.4) is 0 Å². The number of amides is 1. The van der Waals surface area contributed by atoms with Gasteiger partial charge in [-0.2, -0.15) is 5.26 Å². The fourth-order valence-corrected chi connectivity index (χ4v) is 3.22. The van der Waals surface area contributed by atoms with Gasteiger partial charge in [0.2, 0.25) is 0 Å². The van der Waals surface area contributed by atoms with Crippen molar-refractivity contribution < 1.29 is 23.1 Å². The summed E-state index contributed by atoms with van der Waals surface area (Å²) in [7, 11) is 0. The van der Waals surface area contributed by atoms with Crippen molar-refractivity contribution in [2.24, 2.45) is 0 Å². The van der Waals surface area contributed by atoms with Gasteiger partial charge in [-0.05, 0) is 44.2 Å². The maximum Gasteiger partial charge on any atom is 0.340 e. The van der Waals surface area contributed by atoms with Crippen LogP contribution in [0, 0.1) is 23.0 Å². The van der Waals surface area contributed by atoms with Gasteiger partial charge in [0.15, 0.2) is 6.10 Å². The summed E-state index contributed by atoms with van der Waals surface area (Å²) in [6.07, 6.45) is 2.31. The molecular weight excluding hydrogens is 400 g/mol. The van der Waals surface area contributed by atoms with Gasteiger partial charge in [0.25, 0.3) is 5.91 Å². The lowest BCUT2D eigenvalue weighted by Gasteiger charge is -2.16. The van der Waals surface area contributed by atoms with Crippen LogP contribution in [-0.2, 0) is 9.53 Å². The Labute approximate surface area is 170 Å². The Hall–Kier alpha value is -2.99. The predicted molar refractivity (Wildman–Crippen MR) is 103 cm³/mol. The molecule has 1 N–H and O–H groups in total. The first-order valence-corrected chi connectivity index (χ1v) is 10.0. The van der Waals surface area contributed by atoms with E-state index in [1.165, 1.54) is 24.8 Å². The standard InChI is InChI=1S/C20H17F2N3O3S/c1-10(18(26)25-17-14(21)4-3-5-15(17)22)28-20(27)12-8-16(11-6-7-11)24-19(29-2)13(12)9-23/h3-5,8,10-11H,6-7H2,1-2H3,(H,25,26). The van der Waals surface area contributed by atoms with Gasteiger partial charge in [-0.1, -0.05) is 6.07 Å². The molecule has 0 spiro atoms. The van der Waals surface area contributed by atoms with Crippen LogP contribution < -0.4 is 5.32 Å². The third-order valence-corrected chi connectivity index (χ3v) is 5.07. The molecule has 1 unspecified atom stereocenters. The molecule has 1 aliphatic carbocycles. The van der Waals surface area contributed by atoms with E-state index >= 15 is 0 Å². The summed E-state index contributed by atoms with van der Waals surface area (Å²) in [6, 6.07) is 6.62. The number of para-hydroxylation sites is 1. The van der Waals surface area contributed by atoms with E-state index in [2.05, 4.69) is 10.3 Å². The summed E-state index contributed by atoms with van der Waals surface area (Å²) in [5.41, 5.74) is 0.165. The van der Waals surface area contributed by atoms with Gasteiger partial charge in [-0.25, -0.2) is 18.6 Å². The smallest absolute Gasteiger partial charge is 0.340 e. The van der Waals surface area contributed by atoms with E-state index in [9.17, 15) is 23.6 Å². The zero-order valence-electron chi connectivity index (χ0n) is 15.7. The van der Waals surface area contributed by atoms with Crippen LogP contribution >= 0.6 is 11.8 Å². The highest BCUT2D eigenvalue weighted by Crippen LogP contribution is 2.40. The number of nitrogens with one attached hydrogen (secondary N) is 1. The van der Waals surface area contributed by atoms with Crippen molar-refractivity contribution in [2.75, 3.05) is 11.6 Å². The van der Waals surface area contributed by atoms with Crippen LogP contribution in [0.15, 0.2) is 29.3 Å². The Morgan fingerprint density at radius 2 is 2.00 bits per heavy atom. The minimum Gasteiger partial charge on any atom is -0.449 e. The second-order valence-corrected chi connectivity index (χ2v) is 7.29. The van der Waals surface area contributed by atoms with Crippen molar-refractivity contribution in [3.63, 3.8) is 0 Å². The molecule has 150 valence electrons. The quantitative estimate of drug-likeness (QED) is 0.564. The van der Waals surface area contributed by atoms with Gasteiger partial charge in [-0.15, -0.1) is 11.8 Å². The Morgan fingerprint density at radius 1 is 1.34 bits per heavy atom. The van der Waals surface area contributed by atoms with E-state index in [0.717, 1.165) is 31.0 Å². The van der Waals surface area contributed by atoms with Crippen LogP contribution in [0.5, 0.6) is 0 Å². The topological polar surface area (TPSA) is 92.1 Å². The van der Waals surface area contributed by atoms with Crippen molar-refractivity contribution in [3.8, 4) is 6.07 Å². The molecule has 0 saturated heterocycles. The lowest BCUT2D eigenvalue weighted by Crippen LogP contribution is -2.31. The molecule has 1 atom stereocenters. The van der Waals surface area contributed by atoms with E-state index < -0.39 is 35.3 Å². The fourth-order valence-electron chi connectivity index (χ4n) is 2.67. The number of esters is 1. The third-order valence-electron chi connectivity index (χ3n) is 4.39. The lowest BCUT2D eigenvalue weighted by atomic mass is 10.1. The number of hydrogen-bond acceptors (Lipinski definition) is 6. The highest BCUT2D eigenvalue weighted by Gasteiger charge is 2.30. The van der Waals surface area contributed by atoms with Crippen LogP contribution in [0.25, 0.3) is 0 Å². The number of hydrogen-bond donors (Lipinski definition) is 1. The van der Waals surface area contributed by atoms with Gasteiger partial charge in [0, 0.05) is 11.6 Å². The van der Waals surface area contributed by atoms with Crippen molar-refractivity contribution in [3.05, 3.63) is 52.7 Å². The number of rotatable bonds is 6. The number of thioether (sulfide) groups is 1. The zero-order valence-corrected chi connectivity index (χ0v) is 16.5. The monoisotopic (exact) mass is 417 g/mol. The first kappa shape index (κ1) is 20.7. The first-order chi connectivity index (χ1) is 13.8. The van der Waals surface area contributed by atoms with E-state index in [1.54, 1.807) is 6.26 Å². The van der Waals surface area contributed by atoms with E-state index in [0.29, 0.717) is 10.7 Å². The Kier molecular flexibility index (Phi) is 6.13. The van der Waals surface area contributed by atoms with Gasteiger partial charge >= 0.3 is 5.97 Å². The summed E-state index contributed by atoms with van der Waals surface area (Å²) in [4.78, 5) is 29.3. The van der Waals surface area contributed by atoms with E-state index in [4.69, 9.17) is 4.74 Å². The molecule has 0 radical (unpaired) electrons. The van der Waals surface area contributed by atoms with Gasteiger partial charge in [0.1, 0.15) is 28.4 Å². The molecule has 0 bridgehead atoms. The minimum absolute atomic E-state index is 0.0190. The second-order valence-electron chi connectivity index (χ2n) is 6.50. The summed E-state index contributed by atoms with van der Waals surface area (Å²) >= 11 is 1.24. The number of carbonyl (C=O) groups excluding carboxylic acids is 2. The van der Waals surface area contributed by atoms with Crippen LogP contribution in [0.4, 0.5) is 14.5 Å². The predicted octanol–water partition coefficient (Wildman–Crippen LogP) is 4.01. The van der Waals surface area contributed by atoms with Crippen LogP contribution in [0.2, 0.25) is 0 Å². The highest BCUT2D eigenvalue weighted by atomic mass is 32.2. The number of halogens is 2. The van der Waals surface area contributed by atoms with Gasteiger partial charge < -0.3 is 10.1 Å². The number of nitriles is 1. The molecule has 0 aliphatic heterocycles. The van der Waals surface area contributed by atoms with Crippen molar-refractivity contribution in [1.29, 1.82) is 5.26 Å². The third kappa shape index (κ3) is 4.54. The number of pyridine rings is 1. The molecule has 3 rings (SSSR count).